The Balaban J connectivity index is 1.78. The fourth-order valence-corrected chi connectivity index (χ4v) is 2.90. The Morgan fingerprint density at radius 1 is 1.30 bits per heavy atom. The SMILES string of the molecule is CCc1cc(NCc2cc(Br)cc3c2OCC3)ncn1. The van der Waals surface area contributed by atoms with E-state index in [1.54, 1.807) is 6.33 Å². The molecule has 0 amide bonds. The first kappa shape index (κ1) is 13.4. The highest BCUT2D eigenvalue weighted by atomic mass is 79.9. The van der Waals surface area contributed by atoms with Crippen LogP contribution < -0.4 is 10.1 Å². The Morgan fingerprint density at radius 3 is 3.05 bits per heavy atom. The first-order valence-corrected chi connectivity index (χ1v) is 7.54. The number of rotatable bonds is 4. The highest BCUT2D eigenvalue weighted by molar-refractivity contribution is 9.10. The van der Waals surface area contributed by atoms with Gasteiger partial charge in [0.2, 0.25) is 0 Å². The lowest BCUT2D eigenvalue weighted by atomic mass is 10.1. The van der Waals surface area contributed by atoms with Gasteiger partial charge in [0.25, 0.3) is 0 Å². The van der Waals surface area contributed by atoms with E-state index in [9.17, 15) is 0 Å². The molecule has 1 N–H and O–H groups in total. The second kappa shape index (κ2) is 5.79. The molecule has 0 fully saturated rings. The normalized spacial score (nSPS) is 12.9. The minimum Gasteiger partial charge on any atom is -0.493 e. The van der Waals surface area contributed by atoms with Gasteiger partial charge in [-0.2, -0.15) is 0 Å². The van der Waals surface area contributed by atoms with Gasteiger partial charge in [-0.05, 0) is 24.1 Å². The lowest BCUT2D eigenvalue weighted by Crippen LogP contribution is -2.04. The van der Waals surface area contributed by atoms with E-state index in [2.05, 4.69) is 50.3 Å². The number of nitrogens with one attached hydrogen (secondary N) is 1. The van der Waals surface area contributed by atoms with E-state index in [1.165, 1.54) is 5.56 Å². The number of fused-ring (bicyclic) bond motifs is 1. The third-order valence-electron chi connectivity index (χ3n) is 3.37. The van der Waals surface area contributed by atoms with Crippen LogP contribution in [0.1, 0.15) is 23.7 Å². The highest BCUT2D eigenvalue weighted by Gasteiger charge is 2.17. The van der Waals surface area contributed by atoms with Crippen LogP contribution in [0.5, 0.6) is 5.75 Å². The van der Waals surface area contributed by atoms with Gasteiger partial charge in [-0.3, -0.25) is 0 Å². The first-order chi connectivity index (χ1) is 9.76. The summed E-state index contributed by atoms with van der Waals surface area (Å²) >= 11 is 3.56. The van der Waals surface area contributed by atoms with Gasteiger partial charge in [-0.25, -0.2) is 9.97 Å². The van der Waals surface area contributed by atoms with Gasteiger partial charge in [0.15, 0.2) is 0 Å². The summed E-state index contributed by atoms with van der Waals surface area (Å²) in [6.07, 6.45) is 3.49. The van der Waals surface area contributed by atoms with E-state index in [1.807, 2.05) is 6.07 Å². The van der Waals surface area contributed by atoms with Crippen molar-refractivity contribution in [2.75, 3.05) is 11.9 Å². The van der Waals surface area contributed by atoms with Gasteiger partial charge in [0.1, 0.15) is 17.9 Å². The molecular weight excluding hydrogens is 318 g/mol. The Hall–Kier alpha value is -1.62. The molecule has 1 aromatic heterocycles. The van der Waals surface area contributed by atoms with Crippen LogP contribution in [0.25, 0.3) is 0 Å². The molecule has 0 saturated carbocycles. The van der Waals surface area contributed by atoms with Crippen LogP contribution in [-0.2, 0) is 19.4 Å². The van der Waals surface area contributed by atoms with E-state index in [-0.39, 0.29) is 0 Å². The van der Waals surface area contributed by atoms with Crippen LogP contribution in [0.4, 0.5) is 5.82 Å². The fourth-order valence-electron chi connectivity index (χ4n) is 2.35. The number of benzene rings is 1. The highest BCUT2D eigenvalue weighted by Crippen LogP contribution is 2.33. The third kappa shape index (κ3) is 2.77. The van der Waals surface area contributed by atoms with Crippen molar-refractivity contribution in [2.45, 2.75) is 26.3 Å². The van der Waals surface area contributed by atoms with Crippen LogP contribution >= 0.6 is 15.9 Å². The summed E-state index contributed by atoms with van der Waals surface area (Å²) in [5.74, 6) is 1.87. The largest absolute Gasteiger partial charge is 0.493 e. The van der Waals surface area contributed by atoms with Gasteiger partial charge in [-0.15, -0.1) is 0 Å². The molecule has 0 radical (unpaired) electrons. The van der Waals surface area contributed by atoms with Gasteiger partial charge in [0, 0.05) is 34.8 Å². The molecule has 1 aliphatic rings. The summed E-state index contributed by atoms with van der Waals surface area (Å²) < 4.78 is 6.82. The predicted octanol–water partition coefficient (Wildman–Crippen LogP) is 3.35. The molecule has 0 aliphatic carbocycles. The van der Waals surface area contributed by atoms with Crippen LogP contribution in [0.3, 0.4) is 0 Å². The van der Waals surface area contributed by atoms with Gasteiger partial charge >= 0.3 is 0 Å². The molecule has 5 heteroatoms. The number of halogens is 1. The second-order valence-corrected chi connectivity index (χ2v) is 5.67. The number of anilines is 1. The molecule has 0 bridgehead atoms. The van der Waals surface area contributed by atoms with Crippen LogP contribution in [0.15, 0.2) is 29.0 Å². The molecule has 104 valence electrons. The monoisotopic (exact) mass is 333 g/mol. The summed E-state index contributed by atoms with van der Waals surface area (Å²) in [7, 11) is 0. The van der Waals surface area contributed by atoms with E-state index >= 15 is 0 Å². The molecule has 0 saturated heterocycles. The minimum absolute atomic E-state index is 0.696. The predicted molar refractivity (Wildman–Crippen MR) is 82.1 cm³/mol. The quantitative estimate of drug-likeness (QED) is 0.932. The maximum absolute atomic E-state index is 5.72. The van der Waals surface area contributed by atoms with Crippen molar-refractivity contribution < 1.29 is 4.74 Å². The lowest BCUT2D eigenvalue weighted by molar-refractivity contribution is 0.354. The maximum atomic E-state index is 5.72. The molecule has 0 spiro atoms. The molecule has 0 atom stereocenters. The molecule has 2 aromatic rings. The molecule has 0 unspecified atom stereocenters. The number of aryl methyl sites for hydroxylation is 1. The summed E-state index contributed by atoms with van der Waals surface area (Å²) in [6.45, 7) is 3.55. The van der Waals surface area contributed by atoms with Crippen molar-refractivity contribution in [1.82, 2.24) is 9.97 Å². The Kier molecular flexibility index (Phi) is 3.87. The summed E-state index contributed by atoms with van der Waals surface area (Å²) in [5, 5.41) is 3.34. The zero-order valence-electron chi connectivity index (χ0n) is 11.3. The van der Waals surface area contributed by atoms with E-state index in [0.29, 0.717) is 6.54 Å². The summed E-state index contributed by atoms with van der Waals surface area (Å²) in [6, 6.07) is 6.21. The summed E-state index contributed by atoms with van der Waals surface area (Å²) in [5.41, 5.74) is 3.47. The average molecular weight is 334 g/mol. The van der Waals surface area contributed by atoms with Crippen molar-refractivity contribution in [1.29, 1.82) is 0 Å². The van der Waals surface area contributed by atoms with Crippen molar-refractivity contribution >= 4 is 21.7 Å². The molecular formula is C15H16BrN3O. The molecule has 20 heavy (non-hydrogen) atoms. The van der Waals surface area contributed by atoms with Crippen molar-refractivity contribution in [2.24, 2.45) is 0 Å². The Bertz CT molecular complexity index is 631. The van der Waals surface area contributed by atoms with Crippen LogP contribution in [-0.4, -0.2) is 16.6 Å². The minimum atomic E-state index is 0.696. The number of hydrogen-bond acceptors (Lipinski definition) is 4. The van der Waals surface area contributed by atoms with Crippen LogP contribution in [0.2, 0.25) is 0 Å². The Morgan fingerprint density at radius 2 is 2.20 bits per heavy atom. The molecule has 1 aromatic carbocycles. The second-order valence-electron chi connectivity index (χ2n) is 4.75. The van der Waals surface area contributed by atoms with Crippen molar-refractivity contribution in [3.05, 3.63) is 45.8 Å². The lowest BCUT2D eigenvalue weighted by Gasteiger charge is -2.11. The van der Waals surface area contributed by atoms with Crippen molar-refractivity contribution in [3.8, 4) is 5.75 Å². The molecule has 4 nitrogen and oxygen atoms in total. The summed E-state index contributed by atoms with van der Waals surface area (Å²) in [4.78, 5) is 8.45. The van der Waals surface area contributed by atoms with Gasteiger partial charge < -0.3 is 10.1 Å². The molecule has 1 aliphatic heterocycles. The third-order valence-corrected chi connectivity index (χ3v) is 3.83. The smallest absolute Gasteiger partial charge is 0.129 e. The van der Waals surface area contributed by atoms with Crippen LogP contribution in [0, 0.1) is 0 Å². The number of ether oxygens (including phenoxy) is 1. The van der Waals surface area contributed by atoms with E-state index in [4.69, 9.17) is 4.74 Å². The maximum Gasteiger partial charge on any atom is 0.129 e. The first-order valence-electron chi connectivity index (χ1n) is 6.75. The standard InChI is InChI=1S/C15H16BrN3O/c1-2-13-7-14(19-9-18-13)17-8-11-6-12(16)5-10-3-4-20-15(10)11/h5-7,9H,2-4,8H2,1H3,(H,17,18,19). The van der Waals surface area contributed by atoms with Gasteiger partial charge in [-0.1, -0.05) is 22.9 Å². The van der Waals surface area contributed by atoms with E-state index in [0.717, 1.165) is 46.7 Å². The number of hydrogen-bond donors (Lipinski definition) is 1. The molecule has 2 heterocycles. The average Bonchev–Trinajstić information content (AvgIpc) is 2.93. The fraction of sp³-hybridized carbons (Fsp3) is 0.333. The topological polar surface area (TPSA) is 47.0 Å². The molecule has 3 rings (SSSR count). The van der Waals surface area contributed by atoms with Gasteiger partial charge in [0.05, 0.1) is 6.61 Å². The number of aromatic nitrogens is 2. The van der Waals surface area contributed by atoms with E-state index < -0.39 is 0 Å². The zero-order chi connectivity index (χ0) is 13.9. The number of nitrogens with zero attached hydrogens (tertiary/aromatic N) is 2. The zero-order valence-corrected chi connectivity index (χ0v) is 12.9. The Labute approximate surface area is 126 Å². The van der Waals surface area contributed by atoms with Crippen molar-refractivity contribution in [3.63, 3.8) is 0 Å².